The number of hydrogen-bond acceptors (Lipinski definition) is 3. The van der Waals surface area contributed by atoms with Crippen molar-refractivity contribution in [3.63, 3.8) is 0 Å². The first-order valence-electron chi connectivity index (χ1n) is 8.74. The highest BCUT2D eigenvalue weighted by Gasteiger charge is 2.34. The predicted molar refractivity (Wildman–Crippen MR) is 110 cm³/mol. The molecular weight excluding hydrogens is 418 g/mol. The first kappa shape index (κ1) is 19.4. The van der Waals surface area contributed by atoms with Crippen molar-refractivity contribution in [2.75, 3.05) is 10.6 Å². The molecule has 4 rings (SSSR count). The van der Waals surface area contributed by atoms with E-state index in [0.717, 1.165) is 0 Å². The zero-order chi connectivity index (χ0) is 20.7. The maximum atomic E-state index is 13.3. The molecule has 1 aromatic heterocycles. The molecule has 0 saturated heterocycles. The first-order valence-corrected chi connectivity index (χ1v) is 9.50. The van der Waals surface area contributed by atoms with Gasteiger partial charge in [0.05, 0.1) is 22.8 Å². The van der Waals surface area contributed by atoms with Crippen LogP contribution in [-0.4, -0.2) is 21.6 Å². The third-order valence-electron chi connectivity index (χ3n) is 4.69. The van der Waals surface area contributed by atoms with Crippen LogP contribution >= 0.6 is 23.2 Å². The maximum Gasteiger partial charge on any atom is 0.249 e. The smallest absolute Gasteiger partial charge is 0.249 e. The zero-order valence-electron chi connectivity index (χ0n) is 15.2. The molecule has 0 spiro atoms. The normalized spacial score (nSPS) is 15.6. The fourth-order valence-corrected chi connectivity index (χ4v) is 3.69. The summed E-state index contributed by atoms with van der Waals surface area (Å²) in [5.74, 6) is -0.657. The Hall–Kier alpha value is -2.90. The molecule has 2 heterocycles. The number of carbonyl (C=O) groups is 2. The van der Waals surface area contributed by atoms with Gasteiger partial charge in [-0.05, 0) is 49.4 Å². The highest BCUT2D eigenvalue weighted by Crippen LogP contribution is 2.35. The Labute approximate surface area is 175 Å². The molecule has 6 nitrogen and oxygen atoms in total. The number of benzene rings is 2. The van der Waals surface area contributed by atoms with Gasteiger partial charge in [0.1, 0.15) is 17.7 Å². The van der Waals surface area contributed by atoms with E-state index < -0.39 is 11.9 Å². The molecule has 0 aliphatic carbocycles. The molecule has 0 bridgehead atoms. The monoisotopic (exact) mass is 432 g/mol. The fraction of sp³-hybridized carbons (Fsp3) is 0.150. The molecule has 9 heteroatoms. The van der Waals surface area contributed by atoms with Gasteiger partial charge in [-0.1, -0.05) is 23.2 Å². The first-order chi connectivity index (χ1) is 13.8. The van der Waals surface area contributed by atoms with Gasteiger partial charge in [0.15, 0.2) is 0 Å². The number of nitrogens with zero attached hydrogens (tertiary/aromatic N) is 2. The Morgan fingerprint density at radius 3 is 2.66 bits per heavy atom. The Balaban J connectivity index is 1.70. The van der Waals surface area contributed by atoms with Gasteiger partial charge in [-0.15, -0.1) is 0 Å². The molecule has 148 valence electrons. The van der Waals surface area contributed by atoms with Crippen LogP contribution in [0.15, 0.2) is 42.5 Å². The van der Waals surface area contributed by atoms with E-state index in [0.29, 0.717) is 33.3 Å². The summed E-state index contributed by atoms with van der Waals surface area (Å²) in [7, 11) is 0. The molecule has 0 fully saturated rings. The Bertz CT molecular complexity index is 1130. The summed E-state index contributed by atoms with van der Waals surface area (Å²) in [5.41, 5.74) is 2.31. The maximum absolute atomic E-state index is 13.3. The second-order valence-electron chi connectivity index (χ2n) is 6.66. The van der Waals surface area contributed by atoms with E-state index in [4.69, 9.17) is 23.2 Å². The molecule has 3 aromatic rings. The standard InChI is InChI=1S/C20H15Cl2FN4O2/c1-10-18(11-2-5-13(23)6-3-11)26-27-16(9-17(28)25-19(10)27)20(29)24-15-7-4-12(21)8-14(15)22/h2-8,16H,9H2,1H3,(H,24,29)(H,25,28)/t16-/m0/s1. The molecule has 0 radical (unpaired) electrons. The van der Waals surface area contributed by atoms with Gasteiger partial charge in [0, 0.05) is 16.1 Å². The molecule has 2 N–H and O–H groups in total. The van der Waals surface area contributed by atoms with E-state index in [9.17, 15) is 14.0 Å². The van der Waals surface area contributed by atoms with E-state index >= 15 is 0 Å². The highest BCUT2D eigenvalue weighted by atomic mass is 35.5. The van der Waals surface area contributed by atoms with Crippen molar-refractivity contribution < 1.29 is 14.0 Å². The molecule has 29 heavy (non-hydrogen) atoms. The topological polar surface area (TPSA) is 76.0 Å². The molecule has 2 amide bonds. The number of amides is 2. The number of hydrogen-bond donors (Lipinski definition) is 2. The average Bonchev–Trinajstić information content (AvgIpc) is 3.00. The van der Waals surface area contributed by atoms with Crippen LogP contribution in [0.25, 0.3) is 11.3 Å². The lowest BCUT2D eigenvalue weighted by atomic mass is 10.1. The minimum atomic E-state index is -0.863. The summed E-state index contributed by atoms with van der Waals surface area (Å²) in [5, 5.41) is 10.7. The van der Waals surface area contributed by atoms with E-state index in [1.165, 1.54) is 22.9 Å². The van der Waals surface area contributed by atoms with Gasteiger partial charge in [-0.25, -0.2) is 9.07 Å². The van der Waals surface area contributed by atoms with Gasteiger partial charge in [0.25, 0.3) is 0 Å². The van der Waals surface area contributed by atoms with E-state index in [1.54, 1.807) is 31.2 Å². The van der Waals surface area contributed by atoms with Gasteiger partial charge < -0.3 is 10.6 Å². The van der Waals surface area contributed by atoms with Crippen LogP contribution in [0.1, 0.15) is 18.0 Å². The van der Waals surface area contributed by atoms with E-state index in [-0.39, 0.29) is 23.2 Å². The van der Waals surface area contributed by atoms with Gasteiger partial charge in [-0.3, -0.25) is 9.59 Å². The van der Waals surface area contributed by atoms with Crippen LogP contribution in [0, 0.1) is 12.7 Å². The molecule has 0 saturated carbocycles. The quantitative estimate of drug-likeness (QED) is 0.622. The summed E-state index contributed by atoms with van der Waals surface area (Å²) < 4.78 is 14.7. The van der Waals surface area contributed by atoms with Crippen LogP contribution in [0.4, 0.5) is 15.9 Å². The predicted octanol–water partition coefficient (Wildman–Crippen LogP) is 4.83. The summed E-state index contributed by atoms with van der Waals surface area (Å²) in [6, 6.07) is 9.71. The van der Waals surface area contributed by atoms with Crippen LogP contribution < -0.4 is 10.6 Å². The minimum Gasteiger partial charge on any atom is -0.323 e. The molecule has 1 aliphatic heterocycles. The van der Waals surface area contributed by atoms with Crippen LogP contribution in [0.3, 0.4) is 0 Å². The van der Waals surface area contributed by atoms with E-state index in [1.807, 2.05) is 0 Å². The molecular formula is C20H15Cl2FN4O2. The number of halogens is 3. The van der Waals surface area contributed by atoms with Crippen molar-refractivity contribution >= 4 is 46.5 Å². The van der Waals surface area contributed by atoms with E-state index in [2.05, 4.69) is 15.7 Å². The van der Waals surface area contributed by atoms with Crippen molar-refractivity contribution in [1.82, 2.24) is 9.78 Å². The summed E-state index contributed by atoms with van der Waals surface area (Å²) in [4.78, 5) is 25.1. The Kier molecular flexibility index (Phi) is 5.02. The van der Waals surface area contributed by atoms with Crippen molar-refractivity contribution in [3.8, 4) is 11.3 Å². The average molecular weight is 433 g/mol. The minimum absolute atomic E-state index is 0.0754. The number of rotatable bonds is 3. The number of nitrogens with one attached hydrogen (secondary N) is 2. The summed E-state index contributed by atoms with van der Waals surface area (Å²) >= 11 is 12.0. The number of anilines is 2. The number of aromatic nitrogens is 2. The molecule has 2 aromatic carbocycles. The SMILES string of the molecule is Cc1c(-c2ccc(F)cc2)nn2c1NC(=O)C[C@H]2C(=O)Nc1ccc(Cl)cc1Cl. The highest BCUT2D eigenvalue weighted by molar-refractivity contribution is 6.36. The lowest BCUT2D eigenvalue weighted by Gasteiger charge is -2.24. The molecule has 0 unspecified atom stereocenters. The summed E-state index contributed by atoms with van der Waals surface area (Å²) in [6.45, 7) is 1.79. The Morgan fingerprint density at radius 1 is 1.24 bits per heavy atom. The summed E-state index contributed by atoms with van der Waals surface area (Å²) in [6.07, 6.45) is -0.0754. The second kappa shape index (κ2) is 7.50. The zero-order valence-corrected chi connectivity index (χ0v) is 16.7. The van der Waals surface area contributed by atoms with Crippen molar-refractivity contribution in [1.29, 1.82) is 0 Å². The largest absolute Gasteiger partial charge is 0.323 e. The third kappa shape index (κ3) is 3.71. The van der Waals surface area contributed by atoms with Gasteiger partial charge >= 0.3 is 0 Å². The van der Waals surface area contributed by atoms with Crippen LogP contribution in [0.2, 0.25) is 10.0 Å². The second-order valence-corrected chi connectivity index (χ2v) is 7.50. The molecule has 1 atom stereocenters. The van der Waals surface area contributed by atoms with Crippen molar-refractivity contribution in [2.24, 2.45) is 0 Å². The lowest BCUT2D eigenvalue weighted by Crippen LogP contribution is -2.36. The van der Waals surface area contributed by atoms with Crippen LogP contribution in [-0.2, 0) is 9.59 Å². The van der Waals surface area contributed by atoms with Crippen molar-refractivity contribution in [2.45, 2.75) is 19.4 Å². The van der Waals surface area contributed by atoms with Gasteiger partial charge in [-0.2, -0.15) is 5.10 Å². The van der Waals surface area contributed by atoms with Gasteiger partial charge in [0.2, 0.25) is 11.8 Å². The molecule has 1 aliphatic rings. The van der Waals surface area contributed by atoms with Crippen LogP contribution in [0.5, 0.6) is 0 Å². The van der Waals surface area contributed by atoms with Crippen molar-refractivity contribution in [3.05, 3.63) is 63.9 Å². The Morgan fingerprint density at radius 2 is 1.97 bits per heavy atom. The number of fused-ring (bicyclic) bond motifs is 1. The third-order valence-corrected chi connectivity index (χ3v) is 5.24. The number of carbonyl (C=O) groups excluding carboxylic acids is 2. The fourth-order valence-electron chi connectivity index (χ4n) is 3.23. The lowest BCUT2D eigenvalue weighted by molar-refractivity contribution is -0.125.